The van der Waals surface area contributed by atoms with Gasteiger partial charge in [-0.3, -0.25) is 10.1 Å². The molecular weight excluding hydrogens is 390 g/mol. The Hall–Kier alpha value is -3.33. The lowest BCUT2D eigenvalue weighted by atomic mass is 10.2. The largest absolute Gasteiger partial charge is 0.508 e. The summed E-state index contributed by atoms with van der Waals surface area (Å²) in [5.41, 5.74) is 0.831. The molecule has 2 N–H and O–H groups in total. The van der Waals surface area contributed by atoms with Gasteiger partial charge in [0.15, 0.2) is 22.9 Å². The third-order valence-corrected chi connectivity index (χ3v) is 4.44. The normalized spacial score (nSPS) is 11.7. The fourth-order valence-electron chi connectivity index (χ4n) is 2.24. The lowest BCUT2D eigenvalue weighted by Gasteiger charge is -2.12. The molecule has 0 saturated carbocycles. The molecule has 0 bridgehead atoms. The number of thiazole rings is 1. The van der Waals surface area contributed by atoms with E-state index < -0.39 is 29.6 Å². The molecule has 0 saturated heterocycles. The lowest BCUT2D eigenvalue weighted by molar-refractivity contribution is -0.123. The number of carbonyl (C=O) groups is 2. The Morgan fingerprint density at radius 3 is 2.68 bits per heavy atom. The molecule has 0 aliphatic rings. The molecule has 0 radical (unpaired) electrons. The van der Waals surface area contributed by atoms with Crippen LogP contribution in [0.4, 0.5) is 13.9 Å². The van der Waals surface area contributed by atoms with Crippen molar-refractivity contribution in [2.75, 3.05) is 5.32 Å². The summed E-state index contributed by atoms with van der Waals surface area (Å²) < 4.78 is 31.4. The van der Waals surface area contributed by atoms with Gasteiger partial charge in [-0.2, -0.15) is 0 Å². The number of esters is 1. The number of nitrogens with one attached hydrogen (secondary N) is 1. The van der Waals surface area contributed by atoms with E-state index in [2.05, 4.69) is 10.3 Å². The highest BCUT2D eigenvalue weighted by Crippen LogP contribution is 2.26. The van der Waals surface area contributed by atoms with E-state index in [0.717, 1.165) is 23.5 Å². The second-order valence-electron chi connectivity index (χ2n) is 5.75. The van der Waals surface area contributed by atoms with Crippen LogP contribution in [0, 0.1) is 11.6 Å². The SMILES string of the molecule is C[C@H](OC(=O)c1cccc(O)c1)C(=O)Nc1nc(-c2ccc(F)c(F)c2)cs1. The van der Waals surface area contributed by atoms with Crippen molar-refractivity contribution in [1.29, 1.82) is 0 Å². The average molecular weight is 404 g/mol. The number of benzene rings is 2. The van der Waals surface area contributed by atoms with Crippen LogP contribution in [0.3, 0.4) is 0 Å². The summed E-state index contributed by atoms with van der Waals surface area (Å²) in [7, 11) is 0. The number of ether oxygens (including phenoxy) is 1. The zero-order chi connectivity index (χ0) is 20.3. The van der Waals surface area contributed by atoms with Gasteiger partial charge in [0.25, 0.3) is 5.91 Å². The summed E-state index contributed by atoms with van der Waals surface area (Å²) in [6.07, 6.45) is -1.12. The summed E-state index contributed by atoms with van der Waals surface area (Å²) in [4.78, 5) is 28.4. The zero-order valence-corrected chi connectivity index (χ0v) is 15.3. The number of phenolic OH excluding ortho intramolecular Hbond substituents is 1. The van der Waals surface area contributed by atoms with E-state index >= 15 is 0 Å². The number of aromatic hydroxyl groups is 1. The van der Waals surface area contributed by atoms with Gasteiger partial charge in [-0.15, -0.1) is 11.3 Å². The van der Waals surface area contributed by atoms with Crippen LogP contribution in [-0.2, 0) is 9.53 Å². The van der Waals surface area contributed by atoms with Gasteiger partial charge in [0.05, 0.1) is 11.3 Å². The van der Waals surface area contributed by atoms with Crippen LogP contribution in [0.5, 0.6) is 5.75 Å². The third kappa shape index (κ3) is 4.49. The number of halogens is 2. The molecule has 9 heteroatoms. The zero-order valence-electron chi connectivity index (χ0n) is 14.5. The maximum Gasteiger partial charge on any atom is 0.339 e. The lowest BCUT2D eigenvalue weighted by Crippen LogP contribution is -2.29. The number of amides is 1. The first-order valence-corrected chi connectivity index (χ1v) is 8.93. The molecule has 3 aromatic rings. The fraction of sp³-hybridized carbons (Fsp3) is 0.105. The standard InChI is InChI=1S/C19H14F2N2O4S/c1-10(27-18(26)12-3-2-4-13(24)7-12)17(25)23-19-22-16(9-28-19)11-5-6-14(20)15(21)8-11/h2-10,24H,1H3,(H,22,23,25)/t10-/m0/s1. The Balaban J connectivity index is 1.63. The first kappa shape index (κ1) is 19.4. The van der Waals surface area contributed by atoms with E-state index in [9.17, 15) is 23.5 Å². The summed E-state index contributed by atoms with van der Waals surface area (Å²) in [5, 5.41) is 13.7. The van der Waals surface area contributed by atoms with Crippen molar-refractivity contribution in [3.8, 4) is 17.0 Å². The van der Waals surface area contributed by atoms with Crippen LogP contribution in [0.2, 0.25) is 0 Å². The highest BCUT2D eigenvalue weighted by atomic mass is 32.1. The molecule has 1 atom stereocenters. The molecule has 1 aromatic heterocycles. The van der Waals surface area contributed by atoms with Gasteiger partial charge in [0, 0.05) is 10.9 Å². The monoisotopic (exact) mass is 404 g/mol. The predicted octanol–water partition coefficient (Wildman–Crippen LogP) is 3.98. The van der Waals surface area contributed by atoms with Gasteiger partial charge >= 0.3 is 5.97 Å². The Bertz CT molecular complexity index is 1040. The average Bonchev–Trinajstić information content (AvgIpc) is 3.12. The molecule has 0 fully saturated rings. The van der Waals surface area contributed by atoms with Crippen molar-refractivity contribution in [2.45, 2.75) is 13.0 Å². The van der Waals surface area contributed by atoms with Crippen LogP contribution in [0.25, 0.3) is 11.3 Å². The summed E-state index contributed by atoms with van der Waals surface area (Å²) in [5.74, 6) is -3.43. The number of hydrogen-bond donors (Lipinski definition) is 2. The van der Waals surface area contributed by atoms with E-state index in [1.165, 1.54) is 37.3 Å². The van der Waals surface area contributed by atoms with E-state index in [0.29, 0.717) is 11.3 Å². The van der Waals surface area contributed by atoms with Crippen molar-refractivity contribution in [3.63, 3.8) is 0 Å². The number of rotatable bonds is 5. The predicted molar refractivity (Wildman–Crippen MR) is 99.1 cm³/mol. The Labute approximate surface area is 162 Å². The van der Waals surface area contributed by atoms with Crippen molar-refractivity contribution >= 4 is 28.3 Å². The van der Waals surface area contributed by atoms with Crippen LogP contribution in [-0.4, -0.2) is 28.1 Å². The molecule has 0 aliphatic carbocycles. The number of phenols is 1. The smallest absolute Gasteiger partial charge is 0.339 e. The highest BCUT2D eigenvalue weighted by Gasteiger charge is 2.20. The van der Waals surface area contributed by atoms with Crippen molar-refractivity contribution in [3.05, 3.63) is 65.0 Å². The first-order valence-electron chi connectivity index (χ1n) is 8.05. The quantitative estimate of drug-likeness (QED) is 0.628. The Kier molecular flexibility index (Phi) is 5.65. The minimum absolute atomic E-state index is 0.0981. The summed E-state index contributed by atoms with van der Waals surface area (Å²) in [6, 6.07) is 8.93. The molecule has 144 valence electrons. The molecule has 6 nitrogen and oxygen atoms in total. The van der Waals surface area contributed by atoms with Crippen LogP contribution in [0.1, 0.15) is 17.3 Å². The van der Waals surface area contributed by atoms with Crippen LogP contribution >= 0.6 is 11.3 Å². The molecule has 3 rings (SSSR count). The Morgan fingerprint density at radius 2 is 1.96 bits per heavy atom. The van der Waals surface area contributed by atoms with Crippen LogP contribution < -0.4 is 5.32 Å². The molecule has 28 heavy (non-hydrogen) atoms. The van der Waals surface area contributed by atoms with Crippen molar-refractivity contribution < 1.29 is 28.2 Å². The molecule has 0 spiro atoms. The molecule has 1 amide bonds. The topological polar surface area (TPSA) is 88.5 Å². The second-order valence-corrected chi connectivity index (χ2v) is 6.61. The molecule has 0 aliphatic heterocycles. The van der Waals surface area contributed by atoms with Gasteiger partial charge in [-0.05, 0) is 43.3 Å². The van der Waals surface area contributed by atoms with Gasteiger partial charge < -0.3 is 9.84 Å². The van der Waals surface area contributed by atoms with E-state index in [1.807, 2.05) is 0 Å². The van der Waals surface area contributed by atoms with Gasteiger partial charge in [0.1, 0.15) is 5.75 Å². The first-order chi connectivity index (χ1) is 13.3. The minimum atomic E-state index is -1.12. The minimum Gasteiger partial charge on any atom is -0.508 e. The molecular formula is C19H14F2N2O4S. The number of anilines is 1. The fourth-order valence-corrected chi connectivity index (χ4v) is 2.96. The van der Waals surface area contributed by atoms with Crippen LogP contribution in [0.15, 0.2) is 47.8 Å². The maximum absolute atomic E-state index is 13.3. The summed E-state index contributed by atoms with van der Waals surface area (Å²) >= 11 is 1.08. The van der Waals surface area contributed by atoms with Crippen molar-refractivity contribution in [1.82, 2.24) is 4.98 Å². The molecule has 2 aromatic carbocycles. The molecule has 0 unspecified atom stereocenters. The van der Waals surface area contributed by atoms with Gasteiger partial charge in [0.2, 0.25) is 0 Å². The van der Waals surface area contributed by atoms with Gasteiger partial charge in [-0.25, -0.2) is 18.6 Å². The highest BCUT2D eigenvalue weighted by molar-refractivity contribution is 7.14. The third-order valence-electron chi connectivity index (χ3n) is 3.68. The van der Waals surface area contributed by atoms with E-state index in [4.69, 9.17) is 4.74 Å². The summed E-state index contributed by atoms with van der Waals surface area (Å²) in [6.45, 7) is 1.39. The van der Waals surface area contributed by atoms with E-state index in [-0.39, 0.29) is 16.4 Å². The maximum atomic E-state index is 13.3. The Morgan fingerprint density at radius 1 is 1.18 bits per heavy atom. The molecule has 1 heterocycles. The number of hydrogen-bond acceptors (Lipinski definition) is 6. The number of aromatic nitrogens is 1. The number of nitrogens with zero attached hydrogens (tertiary/aromatic N) is 1. The van der Waals surface area contributed by atoms with E-state index in [1.54, 1.807) is 5.38 Å². The number of carbonyl (C=O) groups excluding carboxylic acids is 2. The second kappa shape index (κ2) is 8.13. The van der Waals surface area contributed by atoms with Gasteiger partial charge in [-0.1, -0.05) is 6.07 Å². The van der Waals surface area contributed by atoms with Crippen molar-refractivity contribution in [2.24, 2.45) is 0 Å².